The first-order valence-corrected chi connectivity index (χ1v) is 8.03. The molecule has 0 aliphatic rings. The first-order chi connectivity index (χ1) is 10.8. The molecule has 1 amide bonds. The van der Waals surface area contributed by atoms with Gasteiger partial charge in [-0.15, -0.1) is 0 Å². The normalized spacial score (nSPS) is 13.4. The van der Waals surface area contributed by atoms with E-state index in [1.165, 1.54) is 11.1 Å². The van der Waals surface area contributed by atoms with Gasteiger partial charge in [0.25, 0.3) is 0 Å². The molecule has 0 fully saturated rings. The molecule has 1 unspecified atom stereocenters. The van der Waals surface area contributed by atoms with Crippen molar-refractivity contribution in [3.05, 3.63) is 35.4 Å². The first kappa shape index (κ1) is 19.0. The molecule has 1 rings (SSSR count). The molecule has 23 heavy (non-hydrogen) atoms. The molecule has 0 spiro atoms. The second kappa shape index (κ2) is 8.56. The van der Waals surface area contributed by atoms with Crippen molar-refractivity contribution in [2.75, 3.05) is 27.2 Å². The third-order valence-corrected chi connectivity index (χ3v) is 3.95. The molecule has 0 radical (unpaired) electrons. The van der Waals surface area contributed by atoms with E-state index in [1.54, 1.807) is 14.1 Å². The van der Waals surface area contributed by atoms with Crippen LogP contribution in [0.5, 0.6) is 0 Å². The molecule has 1 atom stereocenters. The fourth-order valence-electron chi connectivity index (χ4n) is 2.29. The van der Waals surface area contributed by atoms with Gasteiger partial charge in [0.15, 0.2) is 5.96 Å². The maximum Gasteiger partial charge on any atom is 0.227 e. The Hall–Kier alpha value is -2.04. The Bertz CT molecular complexity index is 552. The van der Waals surface area contributed by atoms with Gasteiger partial charge in [-0.3, -0.25) is 9.79 Å². The maximum absolute atomic E-state index is 11.8. The highest BCUT2D eigenvalue weighted by molar-refractivity contribution is 5.84. The Labute approximate surface area is 140 Å². The van der Waals surface area contributed by atoms with Gasteiger partial charge in [-0.05, 0) is 32.3 Å². The van der Waals surface area contributed by atoms with E-state index in [-0.39, 0.29) is 5.91 Å². The zero-order valence-corrected chi connectivity index (χ0v) is 15.2. The molecule has 1 aromatic rings. The number of benzene rings is 1. The van der Waals surface area contributed by atoms with E-state index >= 15 is 0 Å². The quantitative estimate of drug-likeness (QED) is 0.555. The molecule has 3 N–H and O–H groups in total. The van der Waals surface area contributed by atoms with Gasteiger partial charge in [-0.25, -0.2) is 0 Å². The van der Waals surface area contributed by atoms with Crippen LogP contribution in [0.4, 0.5) is 0 Å². The highest BCUT2D eigenvalue weighted by Crippen LogP contribution is 2.15. The standard InChI is InChI=1S/C18H30N4O/c1-13-8-7-9-15(10-13)14(2)11-21-17(20-6)22-12-18(3,4)16(23)19-5/h7-10,14H,11-12H2,1-6H3,(H,19,23)(H2,20,21,22). The van der Waals surface area contributed by atoms with E-state index in [2.05, 4.69) is 59.1 Å². The first-order valence-electron chi connectivity index (χ1n) is 8.03. The van der Waals surface area contributed by atoms with Crippen LogP contribution in [0, 0.1) is 12.3 Å². The van der Waals surface area contributed by atoms with Gasteiger partial charge >= 0.3 is 0 Å². The number of rotatable bonds is 6. The molecule has 0 bridgehead atoms. The highest BCUT2D eigenvalue weighted by atomic mass is 16.2. The van der Waals surface area contributed by atoms with Crippen LogP contribution in [0.1, 0.15) is 37.8 Å². The van der Waals surface area contributed by atoms with Gasteiger partial charge in [-0.2, -0.15) is 0 Å². The number of guanidine groups is 1. The van der Waals surface area contributed by atoms with Crippen molar-refractivity contribution in [3.8, 4) is 0 Å². The summed E-state index contributed by atoms with van der Waals surface area (Å²) < 4.78 is 0. The van der Waals surface area contributed by atoms with Crippen LogP contribution in [0.25, 0.3) is 0 Å². The third-order valence-electron chi connectivity index (χ3n) is 3.95. The number of carbonyl (C=O) groups excluding carboxylic acids is 1. The Morgan fingerprint density at radius 2 is 2.00 bits per heavy atom. The molecule has 0 saturated heterocycles. The Morgan fingerprint density at radius 1 is 1.30 bits per heavy atom. The average Bonchev–Trinajstić information content (AvgIpc) is 2.53. The van der Waals surface area contributed by atoms with E-state index in [4.69, 9.17) is 0 Å². The molecular weight excluding hydrogens is 288 g/mol. The van der Waals surface area contributed by atoms with Crippen LogP contribution >= 0.6 is 0 Å². The maximum atomic E-state index is 11.8. The van der Waals surface area contributed by atoms with Crippen LogP contribution in [-0.2, 0) is 4.79 Å². The third kappa shape index (κ3) is 5.93. The highest BCUT2D eigenvalue weighted by Gasteiger charge is 2.26. The van der Waals surface area contributed by atoms with Crippen LogP contribution in [0.3, 0.4) is 0 Å². The lowest BCUT2D eigenvalue weighted by atomic mass is 9.92. The summed E-state index contributed by atoms with van der Waals surface area (Å²) in [5.74, 6) is 1.09. The van der Waals surface area contributed by atoms with Crippen LogP contribution in [0.2, 0.25) is 0 Å². The van der Waals surface area contributed by atoms with Crippen molar-refractivity contribution in [1.82, 2.24) is 16.0 Å². The van der Waals surface area contributed by atoms with Gasteiger partial charge in [0, 0.05) is 27.2 Å². The molecule has 0 aromatic heterocycles. The minimum absolute atomic E-state index is 0.00795. The molecular formula is C18H30N4O. The van der Waals surface area contributed by atoms with Gasteiger partial charge in [0.05, 0.1) is 5.41 Å². The molecule has 0 heterocycles. The number of nitrogens with one attached hydrogen (secondary N) is 3. The van der Waals surface area contributed by atoms with E-state index < -0.39 is 5.41 Å². The predicted molar refractivity (Wildman–Crippen MR) is 96.8 cm³/mol. The molecule has 5 heteroatoms. The summed E-state index contributed by atoms with van der Waals surface area (Å²) in [6.45, 7) is 9.40. The molecule has 0 aliphatic carbocycles. The zero-order chi connectivity index (χ0) is 17.5. The topological polar surface area (TPSA) is 65.5 Å². The fraction of sp³-hybridized carbons (Fsp3) is 0.556. The van der Waals surface area contributed by atoms with E-state index in [9.17, 15) is 4.79 Å². The van der Waals surface area contributed by atoms with Gasteiger partial charge in [-0.1, -0.05) is 36.8 Å². The lowest BCUT2D eigenvalue weighted by molar-refractivity contribution is -0.128. The second-order valence-electron chi connectivity index (χ2n) is 6.58. The number of amides is 1. The van der Waals surface area contributed by atoms with Crippen molar-refractivity contribution in [1.29, 1.82) is 0 Å². The van der Waals surface area contributed by atoms with E-state index in [1.807, 2.05) is 13.8 Å². The second-order valence-corrected chi connectivity index (χ2v) is 6.58. The number of carbonyl (C=O) groups is 1. The van der Waals surface area contributed by atoms with E-state index in [0.29, 0.717) is 18.4 Å². The minimum Gasteiger partial charge on any atom is -0.359 e. The minimum atomic E-state index is -0.492. The summed E-state index contributed by atoms with van der Waals surface area (Å²) in [5.41, 5.74) is 2.08. The fourth-order valence-corrected chi connectivity index (χ4v) is 2.29. The summed E-state index contributed by atoms with van der Waals surface area (Å²) >= 11 is 0. The Morgan fingerprint density at radius 3 is 2.57 bits per heavy atom. The summed E-state index contributed by atoms with van der Waals surface area (Å²) in [6.07, 6.45) is 0. The summed E-state index contributed by atoms with van der Waals surface area (Å²) in [6, 6.07) is 8.53. The number of aliphatic imine (C=N–C) groups is 1. The Balaban J connectivity index is 2.53. The van der Waals surface area contributed by atoms with Crippen molar-refractivity contribution in [2.45, 2.75) is 33.6 Å². The van der Waals surface area contributed by atoms with Gasteiger partial charge in [0.2, 0.25) is 5.91 Å². The van der Waals surface area contributed by atoms with Crippen molar-refractivity contribution < 1.29 is 4.79 Å². The van der Waals surface area contributed by atoms with Crippen molar-refractivity contribution in [3.63, 3.8) is 0 Å². The average molecular weight is 318 g/mol. The summed E-state index contributed by atoms with van der Waals surface area (Å²) in [7, 11) is 3.39. The largest absolute Gasteiger partial charge is 0.359 e. The van der Waals surface area contributed by atoms with Crippen molar-refractivity contribution in [2.24, 2.45) is 10.4 Å². The summed E-state index contributed by atoms with van der Waals surface area (Å²) in [4.78, 5) is 16.0. The van der Waals surface area contributed by atoms with E-state index in [0.717, 1.165) is 6.54 Å². The number of nitrogens with zero attached hydrogens (tertiary/aromatic N) is 1. The van der Waals surface area contributed by atoms with Crippen LogP contribution < -0.4 is 16.0 Å². The molecule has 5 nitrogen and oxygen atoms in total. The lowest BCUT2D eigenvalue weighted by Gasteiger charge is -2.24. The smallest absolute Gasteiger partial charge is 0.227 e. The number of hydrogen-bond acceptors (Lipinski definition) is 2. The Kier molecular flexibility index (Phi) is 7.07. The predicted octanol–water partition coefficient (Wildman–Crippen LogP) is 2.04. The van der Waals surface area contributed by atoms with Crippen molar-refractivity contribution >= 4 is 11.9 Å². The zero-order valence-electron chi connectivity index (χ0n) is 15.2. The molecule has 128 valence electrons. The lowest BCUT2D eigenvalue weighted by Crippen LogP contribution is -2.47. The number of aryl methyl sites for hydroxylation is 1. The molecule has 0 aliphatic heterocycles. The number of hydrogen-bond donors (Lipinski definition) is 3. The molecule has 1 aromatic carbocycles. The summed E-state index contributed by atoms with van der Waals surface area (Å²) in [5, 5.41) is 9.23. The van der Waals surface area contributed by atoms with Gasteiger partial charge < -0.3 is 16.0 Å². The molecule has 0 saturated carbocycles. The van der Waals surface area contributed by atoms with Crippen LogP contribution in [0.15, 0.2) is 29.3 Å². The monoisotopic (exact) mass is 318 g/mol. The van der Waals surface area contributed by atoms with Crippen LogP contribution in [-0.4, -0.2) is 39.1 Å². The van der Waals surface area contributed by atoms with Gasteiger partial charge in [0.1, 0.15) is 0 Å². The SMILES string of the molecule is CN=C(NCC(C)c1cccc(C)c1)NCC(C)(C)C(=O)NC.